The van der Waals surface area contributed by atoms with Crippen LogP contribution in [0.3, 0.4) is 0 Å². The van der Waals surface area contributed by atoms with Gasteiger partial charge in [-0.2, -0.15) is 0 Å². The van der Waals surface area contributed by atoms with Gasteiger partial charge in [0.15, 0.2) is 0 Å². The number of aliphatic imine (C=N–C) groups is 1. The Kier molecular flexibility index (Phi) is 2.58. The number of hydrogen-bond donors (Lipinski definition) is 0. The van der Waals surface area contributed by atoms with Gasteiger partial charge in [-0.15, -0.1) is 0 Å². The first-order valence-electron chi connectivity index (χ1n) is 5.48. The summed E-state index contributed by atoms with van der Waals surface area (Å²) in [6, 6.07) is 6.13. The van der Waals surface area contributed by atoms with Crippen LogP contribution in [0.15, 0.2) is 29.8 Å². The van der Waals surface area contributed by atoms with Gasteiger partial charge in [0, 0.05) is 5.56 Å². The molecule has 0 saturated heterocycles. The van der Waals surface area contributed by atoms with Crippen LogP contribution in [0.25, 0.3) is 6.08 Å². The average molecular weight is 215 g/mol. The van der Waals surface area contributed by atoms with Crippen molar-refractivity contribution in [2.45, 2.75) is 26.3 Å². The SMILES string of the molecule is C=Cc1cccc(C)c1C1=NC(C)(C)CO1. The van der Waals surface area contributed by atoms with E-state index in [1.807, 2.05) is 18.2 Å². The zero-order valence-corrected chi connectivity index (χ0v) is 10.1. The first kappa shape index (κ1) is 10.9. The number of ether oxygens (including phenoxy) is 1. The fourth-order valence-electron chi connectivity index (χ4n) is 1.87. The maximum absolute atomic E-state index is 5.68. The van der Waals surface area contributed by atoms with Gasteiger partial charge < -0.3 is 4.74 Å². The topological polar surface area (TPSA) is 21.6 Å². The van der Waals surface area contributed by atoms with Crippen LogP contribution in [0.4, 0.5) is 0 Å². The van der Waals surface area contributed by atoms with E-state index < -0.39 is 0 Å². The molecule has 84 valence electrons. The fourth-order valence-corrected chi connectivity index (χ4v) is 1.87. The molecule has 1 aromatic carbocycles. The number of nitrogens with zero attached hydrogens (tertiary/aromatic N) is 1. The molecule has 16 heavy (non-hydrogen) atoms. The minimum atomic E-state index is -0.115. The van der Waals surface area contributed by atoms with Crippen molar-refractivity contribution in [1.29, 1.82) is 0 Å². The lowest BCUT2D eigenvalue weighted by atomic mass is 10.0. The molecule has 1 aliphatic heterocycles. The highest BCUT2D eigenvalue weighted by Gasteiger charge is 2.28. The molecule has 0 spiro atoms. The summed E-state index contributed by atoms with van der Waals surface area (Å²) in [5.41, 5.74) is 3.21. The van der Waals surface area contributed by atoms with Crippen molar-refractivity contribution in [1.82, 2.24) is 0 Å². The largest absolute Gasteiger partial charge is 0.475 e. The summed E-state index contributed by atoms with van der Waals surface area (Å²) < 4.78 is 5.68. The quantitative estimate of drug-likeness (QED) is 0.742. The number of rotatable bonds is 2. The van der Waals surface area contributed by atoms with Gasteiger partial charge >= 0.3 is 0 Å². The van der Waals surface area contributed by atoms with E-state index in [1.54, 1.807) is 0 Å². The van der Waals surface area contributed by atoms with Gasteiger partial charge in [-0.3, -0.25) is 0 Å². The maximum atomic E-state index is 5.68. The van der Waals surface area contributed by atoms with Crippen LogP contribution in [0, 0.1) is 6.92 Å². The molecule has 0 fully saturated rings. The van der Waals surface area contributed by atoms with E-state index >= 15 is 0 Å². The van der Waals surface area contributed by atoms with E-state index in [1.165, 1.54) is 5.56 Å². The molecule has 0 aliphatic carbocycles. The summed E-state index contributed by atoms with van der Waals surface area (Å²) in [6.07, 6.45) is 1.85. The molecule has 0 unspecified atom stereocenters. The van der Waals surface area contributed by atoms with Gasteiger partial charge in [-0.05, 0) is 31.9 Å². The monoisotopic (exact) mass is 215 g/mol. The van der Waals surface area contributed by atoms with E-state index in [2.05, 4.69) is 38.4 Å². The highest BCUT2D eigenvalue weighted by Crippen LogP contribution is 2.25. The number of aryl methyl sites for hydroxylation is 1. The second kappa shape index (κ2) is 3.78. The molecule has 2 rings (SSSR count). The highest BCUT2D eigenvalue weighted by molar-refractivity contribution is 6.00. The predicted octanol–water partition coefficient (Wildman–Crippen LogP) is 3.19. The van der Waals surface area contributed by atoms with Crippen molar-refractivity contribution >= 4 is 12.0 Å². The van der Waals surface area contributed by atoms with Gasteiger partial charge in [0.1, 0.15) is 6.61 Å². The summed E-state index contributed by atoms with van der Waals surface area (Å²) in [4.78, 5) is 4.61. The van der Waals surface area contributed by atoms with Crippen LogP contribution in [0.5, 0.6) is 0 Å². The maximum Gasteiger partial charge on any atom is 0.217 e. The third kappa shape index (κ3) is 1.87. The Hall–Kier alpha value is -1.57. The third-order valence-electron chi connectivity index (χ3n) is 2.71. The van der Waals surface area contributed by atoms with Crippen LogP contribution < -0.4 is 0 Å². The second-order valence-electron chi connectivity index (χ2n) is 4.76. The first-order valence-corrected chi connectivity index (χ1v) is 5.48. The Balaban J connectivity index is 2.53. The minimum absolute atomic E-state index is 0.115. The lowest BCUT2D eigenvalue weighted by Crippen LogP contribution is -2.17. The molecular formula is C14H17NO. The van der Waals surface area contributed by atoms with Crippen LogP contribution in [-0.2, 0) is 4.74 Å². The molecule has 0 aromatic heterocycles. The standard InChI is InChI=1S/C14H17NO/c1-5-11-8-6-7-10(2)12(11)13-15-14(3,4)9-16-13/h5-8H,1,9H2,2-4H3. The van der Waals surface area contributed by atoms with Crippen LogP contribution in [0.1, 0.15) is 30.5 Å². The van der Waals surface area contributed by atoms with Gasteiger partial charge in [0.05, 0.1) is 5.54 Å². The molecule has 2 heteroatoms. The lowest BCUT2D eigenvalue weighted by Gasteiger charge is -2.08. The van der Waals surface area contributed by atoms with Crippen LogP contribution in [-0.4, -0.2) is 18.0 Å². The van der Waals surface area contributed by atoms with E-state index in [9.17, 15) is 0 Å². The molecular weight excluding hydrogens is 198 g/mol. The molecule has 0 saturated carbocycles. The van der Waals surface area contributed by atoms with Crippen molar-refractivity contribution < 1.29 is 4.74 Å². The summed E-state index contributed by atoms with van der Waals surface area (Å²) in [5.74, 6) is 0.748. The molecule has 0 atom stereocenters. The molecule has 1 aliphatic rings. The molecule has 2 nitrogen and oxygen atoms in total. The molecule has 1 aromatic rings. The van der Waals surface area contributed by atoms with Gasteiger partial charge in [0.2, 0.25) is 5.90 Å². The van der Waals surface area contributed by atoms with Crippen molar-refractivity contribution in [3.63, 3.8) is 0 Å². The average Bonchev–Trinajstić information content (AvgIpc) is 2.58. The van der Waals surface area contributed by atoms with Gasteiger partial charge in [-0.1, -0.05) is 30.9 Å². The summed E-state index contributed by atoms with van der Waals surface area (Å²) >= 11 is 0. The summed E-state index contributed by atoms with van der Waals surface area (Å²) in [7, 11) is 0. The van der Waals surface area contributed by atoms with Crippen molar-refractivity contribution in [2.75, 3.05) is 6.61 Å². The fraction of sp³-hybridized carbons (Fsp3) is 0.357. The Morgan fingerprint density at radius 3 is 2.75 bits per heavy atom. The molecule has 0 radical (unpaired) electrons. The van der Waals surface area contributed by atoms with Crippen molar-refractivity contribution in [3.8, 4) is 0 Å². The van der Waals surface area contributed by atoms with Crippen molar-refractivity contribution in [2.24, 2.45) is 4.99 Å². The first-order chi connectivity index (χ1) is 7.53. The van der Waals surface area contributed by atoms with Gasteiger partial charge in [-0.25, -0.2) is 4.99 Å². The molecule has 0 amide bonds. The normalized spacial score (nSPS) is 17.8. The highest BCUT2D eigenvalue weighted by atomic mass is 16.5. The van der Waals surface area contributed by atoms with E-state index in [0.717, 1.165) is 17.0 Å². The Bertz CT molecular complexity index is 458. The van der Waals surface area contributed by atoms with Gasteiger partial charge in [0.25, 0.3) is 0 Å². The third-order valence-corrected chi connectivity index (χ3v) is 2.71. The molecule has 0 N–H and O–H groups in total. The lowest BCUT2D eigenvalue weighted by molar-refractivity contribution is 0.279. The Labute approximate surface area is 96.7 Å². The minimum Gasteiger partial charge on any atom is -0.475 e. The predicted molar refractivity (Wildman–Crippen MR) is 67.8 cm³/mol. The van der Waals surface area contributed by atoms with E-state index in [4.69, 9.17) is 4.74 Å². The van der Waals surface area contributed by atoms with Crippen LogP contribution in [0.2, 0.25) is 0 Å². The molecule has 0 bridgehead atoms. The van der Waals surface area contributed by atoms with E-state index in [-0.39, 0.29) is 5.54 Å². The zero-order chi connectivity index (χ0) is 11.8. The van der Waals surface area contributed by atoms with Crippen molar-refractivity contribution in [3.05, 3.63) is 41.5 Å². The zero-order valence-electron chi connectivity index (χ0n) is 10.1. The Morgan fingerprint density at radius 1 is 1.44 bits per heavy atom. The Morgan fingerprint density at radius 2 is 2.19 bits per heavy atom. The smallest absolute Gasteiger partial charge is 0.217 e. The summed E-state index contributed by atoms with van der Waals surface area (Å²) in [6.45, 7) is 10.7. The van der Waals surface area contributed by atoms with Crippen LogP contribution >= 0.6 is 0 Å². The number of hydrogen-bond acceptors (Lipinski definition) is 2. The summed E-state index contributed by atoms with van der Waals surface area (Å²) in [5, 5.41) is 0. The second-order valence-corrected chi connectivity index (χ2v) is 4.76. The molecule has 1 heterocycles. The number of benzene rings is 1. The van der Waals surface area contributed by atoms with E-state index in [0.29, 0.717) is 6.61 Å².